The van der Waals surface area contributed by atoms with E-state index in [2.05, 4.69) is 31.3 Å². The van der Waals surface area contributed by atoms with Crippen molar-refractivity contribution in [1.29, 1.82) is 0 Å². The molecule has 1 unspecified atom stereocenters. The molecule has 1 N–H and O–H groups in total. The Morgan fingerprint density at radius 2 is 1.85 bits per heavy atom. The first-order chi connectivity index (χ1) is 9.47. The molecular formula is C17H17F2N. The van der Waals surface area contributed by atoms with Crippen molar-refractivity contribution in [2.45, 2.75) is 26.3 Å². The summed E-state index contributed by atoms with van der Waals surface area (Å²) >= 11 is 0. The minimum atomic E-state index is -0.432. The molecule has 1 aliphatic rings. The SMILES string of the molecule is CC1(C)Cc2ccccc2C1Nc1cc(F)ccc1F. The second-order valence-electron chi connectivity index (χ2n) is 6.07. The minimum Gasteiger partial charge on any atom is -0.375 e. The first-order valence-corrected chi connectivity index (χ1v) is 6.77. The van der Waals surface area contributed by atoms with Crippen LogP contribution >= 0.6 is 0 Å². The molecule has 0 radical (unpaired) electrons. The van der Waals surface area contributed by atoms with Crippen molar-refractivity contribution in [3.8, 4) is 0 Å². The summed E-state index contributed by atoms with van der Waals surface area (Å²) in [5, 5.41) is 3.18. The molecule has 0 aliphatic heterocycles. The van der Waals surface area contributed by atoms with E-state index < -0.39 is 11.6 Å². The van der Waals surface area contributed by atoms with E-state index in [1.165, 1.54) is 17.2 Å². The van der Waals surface area contributed by atoms with Gasteiger partial charge in [0.1, 0.15) is 11.6 Å². The molecule has 0 amide bonds. The van der Waals surface area contributed by atoms with Crippen molar-refractivity contribution in [2.75, 3.05) is 5.32 Å². The van der Waals surface area contributed by atoms with Crippen LogP contribution in [0.5, 0.6) is 0 Å². The van der Waals surface area contributed by atoms with Gasteiger partial charge in [-0.05, 0) is 41.2 Å². The molecule has 0 heterocycles. The van der Waals surface area contributed by atoms with Crippen LogP contribution in [0.1, 0.15) is 31.0 Å². The van der Waals surface area contributed by atoms with Gasteiger partial charge in [-0.25, -0.2) is 8.78 Å². The number of benzene rings is 2. The highest BCUT2D eigenvalue weighted by atomic mass is 19.1. The second kappa shape index (κ2) is 4.58. The topological polar surface area (TPSA) is 12.0 Å². The third kappa shape index (κ3) is 2.17. The van der Waals surface area contributed by atoms with Gasteiger partial charge in [0.05, 0.1) is 11.7 Å². The van der Waals surface area contributed by atoms with Gasteiger partial charge in [0.15, 0.2) is 0 Å². The van der Waals surface area contributed by atoms with Gasteiger partial charge in [0, 0.05) is 0 Å². The van der Waals surface area contributed by atoms with Crippen molar-refractivity contribution in [3.05, 3.63) is 65.2 Å². The van der Waals surface area contributed by atoms with Crippen LogP contribution in [0.15, 0.2) is 42.5 Å². The van der Waals surface area contributed by atoms with Crippen LogP contribution in [-0.4, -0.2) is 0 Å². The molecular weight excluding hydrogens is 256 g/mol. The molecule has 0 bridgehead atoms. The summed E-state index contributed by atoms with van der Waals surface area (Å²) in [6.07, 6.45) is 0.928. The summed E-state index contributed by atoms with van der Waals surface area (Å²) in [7, 11) is 0. The van der Waals surface area contributed by atoms with E-state index in [0.29, 0.717) is 0 Å². The van der Waals surface area contributed by atoms with E-state index in [1.807, 2.05) is 12.1 Å². The number of fused-ring (bicyclic) bond motifs is 1. The van der Waals surface area contributed by atoms with E-state index in [1.54, 1.807) is 0 Å². The van der Waals surface area contributed by atoms with Gasteiger partial charge >= 0.3 is 0 Å². The summed E-state index contributed by atoms with van der Waals surface area (Å²) in [5.41, 5.74) is 2.62. The number of hydrogen-bond donors (Lipinski definition) is 1. The Balaban J connectivity index is 1.99. The summed E-state index contributed by atoms with van der Waals surface area (Å²) in [5.74, 6) is -0.857. The monoisotopic (exact) mass is 273 g/mol. The Morgan fingerprint density at radius 1 is 1.10 bits per heavy atom. The molecule has 3 heteroatoms. The maximum absolute atomic E-state index is 13.8. The molecule has 0 fully saturated rings. The van der Waals surface area contributed by atoms with Crippen LogP contribution in [0.25, 0.3) is 0 Å². The first-order valence-electron chi connectivity index (χ1n) is 6.77. The maximum atomic E-state index is 13.8. The molecule has 20 heavy (non-hydrogen) atoms. The summed E-state index contributed by atoms with van der Waals surface area (Å²) < 4.78 is 27.1. The fourth-order valence-corrected chi connectivity index (χ4v) is 3.03. The molecule has 0 saturated carbocycles. The van der Waals surface area contributed by atoms with Gasteiger partial charge < -0.3 is 5.32 Å². The van der Waals surface area contributed by atoms with Crippen LogP contribution in [0.4, 0.5) is 14.5 Å². The number of anilines is 1. The van der Waals surface area contributed by atoms with E-state index in [-0.39, 0.29) is 17.1 Å². The van der Waals surface area contributed by atoms with Gasteiger partial charge in [-0.15, -0.1) is 0 Å². The lowest BCUT2D eigenvalue weighted by molar-refractivity contribution is 0.336. The highest BCUT2D eigenvalue weighted by molar-refractivity contribution is 5.50. The molecule has 1 aliphatic carbocycles. The molecule has 2 aromatic rings. The third-order valence-corrected chi connectivity index (χ3v) is 4.02. The third-order valence-electron chi connectivity index (χ3n) is 4.02. The molecule has 0 saturated heterocycles. The van der Waals surface area contributed by atoms with Gasteiger partial charge in [0.2, 0.25) is 0 Å². The fraction of sp³-hybridized carbons (Fsp3) is 0.294. The molecule has 0 spiro atoms. The second-order valence-corrected chi connectivity index (χ2v) is 6.07. The van der Waals surface area contributed by atoms with Crippen molar-refractivity contribution < 1.29 is 8.78 Å². The zero-order valence-electron chi connectivity index (χ0n) is 11.6. The lowest BCUT2D eigenvalue weighted by atomic mass is 9.85. The zero-order valence-corrected chi connectivity index (χ0v) is 11.6. The van der Waals surface area contributed by atoms with Crippen molar-refractivity contribution in [3.63, 3.8) is 0 Å². The number of hydrogen-bond acceptors (Lipinski definition) is 1. The molecule has 0 aromatic heterocycles. The Kier molecular flexibility index (Phi) is 3.00. The van der Waals surface area contributed by atoms with E-state index in [4.69, 9.17) is 0 Å². The van der Waals surface area contributed by atoms with Gasteiger partial charge in [-0.2, -0.15) is 0 Å². The van der Waals surface area contributed by atoms with Crippen molar-refractivity contribution >= 4 is 5.69 Å². The summed E-state index contributed by atoms with van der Waals surface area (Å²) in [6, 6.07) is 11.6. The van der Waals surface area contributed by atoms with Crippen LogP contribution in [0.3, 0.4) is 0 Å². The van der Waals surface area contributed by atoms with Crippen LogP contribution in [0.2, 0.25) is 0 Å². The zero-order chi connectivity index (χ0) is 14.3. The van der Waals surface area contributed by atoms with Crippen molar-refractivity contribution in [2.24, 2.45) is 5.41 Å². The summed E-state index contributed by atoms with van der Waals surface area (Å²) in [6.45, 7) is 4.28. The van der Waals surface area contributed by atoms with E-state index in [0.717, 1.165) is 18.6 Å². The standard InChI is InChI=1S/C17H17F2N/c1-17(2)10-11-5-3-4-6-13(11)16(17)20-15-9-12(18)7-8-14(15)19/h3-9,16,20H,10H2,1-2H3. The van der Waals surface area contributed by atoms with Crippen LogP contribution < -0.4 is 5.32 Å². The van der Waals surface area contributed by atoms with Crippen LogP contribution in [0, 0.1) is 17.0 Å². The Hall–Kier alpha value is -1.90. The molecule has 3 rings (SSSR count). The van der Waals surface area contributed by atoms with Crippen LogP contribution in [-0.2, 0) is 6.42 Å². The predicted molar refractivity (Wildman–Crippen MR) is 76.6 cm³/mol. The minimum absolute atomic E-state index is 0.0185. The fourth-order valence-electron chi connectivity index (χ4n) is 3.03. The van der Waals surface area contributed by atoms with E-state index in [9.17, 15) is 8.78 Å². The van der Waals surface area contributed by atoms with E-state index >= 15 is 0 Å². The molecule has 1 atom stereocenters. The molecule has 104 valence electrons. The highest BCUT2D eigenvalue weighted by Crippen LogP contribution is 2.46. The average molecular weight is 273 g/mol. The number of rotatable bonds is 2. The Labute approximate surface area is 117 Å². The highest BCUT2D eigenvalue weighted by Gasteiger charge is 2.38. The smallest absolute Gasteiger partial charge is 0.146 e. The molecule has 1 nitrogen and oxygen atoms in total. The number of halogens is 2. The van der Waals surface area contributed by atoms with Gasteiger partial charge in [-0.3, -0.25) is 0 Å². The average Bonchev–Trinajstić information content (AvgIpc) is 2.65. The lowest BCUT2D eigenvalue weighted by Gasteiger charge is -2.29. The van der Waals surface area contributed by atoms with Crippen molar-refractivity contribution in [1.82, 2.24) is 0 Å². The summed E-state index contributed by atoms with van der Waals surface area (Å²) in [4.78, 5) is 0. The number of nitrogens with one attached hydrogen (secondary N) is 1. The lowest BCUT2D eigenvalue weighted by Crippen LogP contribution is -2.25. The molecule has 2 aromatic carbocycles. The quantitative estimate of drug-likeness (QED) is 0.836. The first kappa shape index (κ1) is 13.1. The van der Waals surface area contributed by atoms with Gasteiger partial charge in [0.25, 0.3) is 0 Å². The Bertz CT molecular complexity index is 649. The maximum Gasteiger partial charge on any atom is 0.146 e. The predicted octanol–water partition coefficient (Wildman–Crippen LogP) is 4.70. The normalized spacial score (nSPS) is 19.7. The largest absolute Gasteiger partial charge is 0.375 e. The van der Waals surface area contributed by atoms with Gasteiger partial charge in [-0.1, -0.05) is 38.1 Å². The Morgan fingerprint density at radius 3 is 2.65 bits per heavy atom.